The molecular weight excluding hydrogens is 256 g/mol. The van der Waals surface area contributed by atoms with Crippen molar-refractivity contribution in [2.75, 3.05) is 31.6 Å². The highest BCUT2D eigenvalue weighted by atomic mass is 16.5. The molecule has 0 spiro atoms. The van der Waals surface area contributed by atoms with Crippen molar-refractivity contribution in [1.29, 1.82) is 0 Å². The molecule has 3 heterocycles. The Hall–Kier alpha value is -1.73. The van der Waals surface area contributed by atoms with Crippen LogP contribution in [0.1, 0.15) is 18.5 Å². The predicted octanol–water partition coefficient (Wildman–Crippen LogP) is 0.613. The zero-order valence-electron chi connectivity index (χ0n) is 11.7. The van der Waals surface area contributed by atoms with Crippen LogP contribution in [0.3, 0.4) is 0 Å². The minimum Gasteiger partial charge on any atom is -0.376 e. The van der Waals surface area contributed by atoms with Gasteiger partial charge in [-0.05, 0) is 32.9 Å². The van der Waals surface area contributed by atoms with Crippen LogP contribution in [0.25, 0.3) is 5.78 Å². The first-order valence-electron chi connectivity index (χ1n) is 7.06. The number of ether oxygens (including phenoxy) is 1. The molecule has 3 rings (SSSR count). The largest absolute Gasteiger partial charge is 0.376 e. The van der Waals surface area contributed by atoms with E-state index in [0.717, 1.165) is 44.0 Å². The van der Waals surface area contributed by atoms with E-state index in [-0.39, 0.29) is 0 Å². The van der Waals surface area contributed by atoms with Gasteiger partial charge in [-0.15, -0.1) is 0 Å². The van der Waals surface area contributed by atoms with Crippen molar-refractivity contribution in [3.63, 3.8) is 0 Å². The highest BCUT2D eigenvalue weighted by molar-refractivity contribution is 5.44. The molecule has 0 unspecified atom stereocenters. The number of piperidine rings is 1. The Morgan fingerprint density at radius 2 is 2.30 bits per heavy atom. The molecule has 0 atom stereocenters. The summed E-state index contributed by atoms with van der Waals surface area (Å²) in [5, 5.41) is 10.8. The van der Waals surface area contributed by atoms with Crippen LogP contribution in [0, 0.1) is 6.92 Å². The van der Waals surface area contributed by atoms with Gasteiger partial charge in [-0.2, -0.15) is 14.6 Å². The van der Waals surface area contributed by atoms with Gasteiger partial charge in [0.05, 0.1) is 12.7 Å². The lowest BCUT2D eigenvalue weighted by Crippen LogP contribution is -2.33. The maximum atomic E-state index is 5.87. The Kier molecular flexibility index (Phi) is 4.08. The van der Waals surface area contributed by atoms with E-state index in [0.29, 0.717) is 18.5 Å². The quantitative estimate of drug-likeness (QED) is 0.779. The molecule has 0 bridgehead atoms. The van der Waals surface area contributed by atoms with E-state index in [9.17, 15) is 0 Å². The van der Waals surface area contributed by atoms with Gasteiger partial charge in [0.25, 0.3) is 5.78 Å². The molecule has 0 aromatic carbocycles. The first kappa shape index (κ1) is 13.3. The van der Waals surface area contributed by atoms with Gasteiger partial charge in [0.15, 0.2) is 0 Å². The second-order valence-corrected chi connectivity index (χ2v) is 5.00. The van der Waals surface area contributed by atoms with Crippen LogP contribution in [0.15, 0.2) is 12.4 Å². The number of aryl methyl sites for hydroxylation is 1. The van der Waals surface area contributed by atoms with E-state index in [1.165, 1.54) is 6.33 Å². The molecule has 0 aliphatic carbocycles. The Morgan fingerprint density at radius 1 is 1.45 bits per heavy atom. The van der Waals surface area contributed by atoms with Crippen molar-refractivity contribution in [2.24, 2.45) is 0 Å². The third-order valence-electron chi connectivity index (χ3n) is 3.43. The number of hydrogen-bond acceptors (Lipinski definition) is 6. The lowest BCUT2D eigenvalue weighted by Gasteiger charge is -2.23. The fraction of sp³-hybridized carbons (Fsp3) is 0.615. The normalized spacial score (nSPS) is 16.6. The summed E-state index contributed by atoms with van der Waals surface area (Å²) in [6.07, 6.45) is 4.10. The van der Waals surface area contributed by atoms with Crippen molar-refractivity contribution in [1.82, 2.24) is 24.9 Å². The number of rotatable bonds is 5. The average molecular weight is 276 g/mol. The molecule has 0 saturated carbocycles. The number of anilines is 1. The molecule has 2 aromatic rings. The third-order valence-corrected chi connectivity index (χ3v) is 3.43. The van der Waals surface area contributed by atoms with Gasteiger partial charge in [0.2, 0.25) is 0 Å². The number of aromatic nitrogens is 4. The smallest absolute Gasteiger partial charge is 0.254 e. The van der Waals surface area contributed by atoms with Crippen molar-refractivity contribution < 1.29 is 4.74 Å². The van der Waals surface area contributed by atoms with E-state index in [4.69, 9.17) is 4.74 Å². The predicted molar refractivity (Wildman–Crippen MR) is 75.9 cm³/mol. The maximum absolute atomic E-state index is 5.87. The second-order valence-electron chi connectivity index (χ2n) is 5.00. The Morgan fingerprint density at radius 3 is 3.15 bits per heavy atom. The molecule has 1 saturated heterocycles. The van der Waals surface area contributed by atoms with Crippen molar-refractivity contribution >= 4 is 11.6 Å². The molecule has 1 aliphatic heterocycles. The van der Waals surface area contributed by atoms with Crippen molar-refractivity contribution in [3.8, 4) is 0 Å². The zero-order chi connectivity index (χ0) is 13.8. The highest BCUT2D eigenvalue weighted by Crippen LogP contribution is 2.10. The molecule has 1 fully saturated rings. The van der Waals surface area contributed by atoms with Crippen LogP contribution in [-0.4, -0.2) is 51.9 Å². The van der Waals surface area contributed by atoms with Crippen LogP contribution in [0.4, 0.5) is 5.82 Å². The summed E-state index contributed by atoms with van der Waals surface area (Å²) in [5.74, 6) is 1.52. The number of nitrogens with one attached hydrogen (secondary N) is 2. The van der Waals surface area contributed by atoms with E-state index in [1.54, 1.807) is 4.52 Å². The molecule has 1 aliphatic rings. The number of hydrogen-bond donors (Lipinski definition) is 2. The van der Waals surface area contributed by atoms with Crippen LogP contribution in [0.5, 0.6) is 0 Å². The fourth-order valence-electron chi connectivity index (χ4n) is 2.42. The summed E-state index contributed by atoms with van der Waals surface area (Å²) < 4.78 is 7.57. The SMILES string of the molecule is Cc1cc(NCCOC2CCNCC2)n2ncnc2n1. The summed E-state index contributed by atoms with van der Waals surface area (Å²) in [4.78, 5) is 8.41. The molecule has 108 valence electrons. The topological polar surface area (TPSA) is 76.4 Å². The molecule has 2 aromatic heterocycles. The lowest BCUT2D eigenvalue weighted by molar-refractivity contribution is 0.0394. The molecule has 20 heavy (non-hydrogen) atoms. The van der Waals surface area contributed by atoms with E-state index in [2.05, 4.69) is 25.7 Å². The first-order chi connectivity index (χ1) is 9.83. The summed E-state index contributed by atoms with van der Waals surface area (Å²) >= 11 is 0. The lowest BCUT2D eigenvalue weighted by atomic mass is 10.1. The first-order valence-corrected chi connectivity index (χ1v) is 7.06. The van der Waals surface area contributed by atoms with Crippen LogP contribution >= 0.6 is 0 Å². The maximum Gasteiger partial charge on any atom is 0.254 e. The number of fused-ring (bicyclic) bond motifs is 1. The van der Waals surface area contributed by atoms with Gasteiger partial charge in [0.1, 0.15) is 12.1 Å². The second kappa shape index (κ2) is 6.15. The van der Waals surface area contributed by atoms with Gasteiger partial charge in [0, 0.05) is 18.3 Å². The molecule has 2 N–H and O–H groups in total. The Labute approximate surface area is 117 Å². The van der Waals surface area contributed by atoms with E-state index in [1.807, 2.05) is 13.0 Å². The molecule has 7 heteroatoms. The summed E-state index contributed by atoms with van der Waals surface area (Å²) in [7, 11) is 0. The van der Waals surface area contributed by atoms with E-state index < -0.39 is 0 Å². The third kappa shape index (κ3) is 3.05. The summed E-state index contributed by atoms with van der Waals surface area (Å²) in [6, 6.07) is 1.96. The molecule has 0 radical (unpaired) electrons. The molecular formula is C13H20N6O. The van der Waals surface area contributed by atoms with Crippen molar-refractivity contribution in [3.05, 3.63) is 18.1 Å². The van der Waals surface area contributed by atoms with Gasteiger partial charge >= 0.3 is 0 Å². The van der Waals surface area contributed by atoms with E-state index >= 15 is 0 Å². The van der Waals surface area contributed by atoms with Gasteiger partial charge in [-0.1, -0.05) is 0 Å². The average Bonchev–Trinajstić information content (AvgIpc) is 2.92. The zero-order valence-corrected chi connectivity index (χ0v) is 11.7. The molecule has 7 nitrogen and oxygen atoms in total. The van der Waals surface area contributed by atoms with Gasteiger partial charge in [-0.3, -0.25) is 0 Å². The number of nitrogens with zero attached hydrogens (tertiary/aromatic N) is 4. The fourth-order valence-corrected chi connectivity index (χ4v) is 2.42. The Bertz CT molecular complexity index is 563. The summed E-state index contributed by atoms with van der Waals surface area (Å²) in [6.45, 7) is 5.51. The minimum atomic E-state index is 0.392. The van der Waals surface area contributed by atoms with Gasteiger partial charge < -0.3 is 15.4 Å². The minimum absolute atomic E-state index is 0.392. The summed E-state index contributed by atoms with van der Waals surface area (Å²) in [5.41, 5.74) is 0.923. The van der Waals surface area contributed by atoms with Crippen LogP contribution < -0.4 is 10.6 Å². The van der Waals surface area contributed by atoms with Crippen LogP contribution in [-0.2, 0) is 4.74 Å². The molecule has 0 amide bonds. The van der Waals surface area contributed by atoms with Crippen LogP contribution in [0.2, 0.25) is 0 Å². The standard InChI is InChI=1S/C13H20N6O/c1-10-8-12(19-13(18-10)16-9-17-19)15-6-7-20-11-2-4-14-5-3-11/h8-9,11,14-15H,2-7H2,1H3. The Balaban J connectivity index is 1.53. The van der Waals surface area contributed by atoms with Gasteiger partial charge in [-0.25, -0.2) is 4.98 Å². The highest BCUT2D eigenvalue weighted by Gasteiger charge is 2.12. The monoisotopic (exact) mass is 276 g/mol. The van der Waals surface area contributed by atoms with Crippen molar-refractivity contribution in [2.45, 2.75) is 25.9 Å².